The van der Waals surface area contributed by atoms with Gasteiger partial charge >= 0.3 is 5.97 Å². The van der Waals surface area contributed by atoms with Crippen molar-refractivity contribution in [3.05, 3.63) is 94.4 Å². The summed E-state index contributed by atoms with van der Waals surface area (Å²) in [7, 11) is 1.25. The summed E-state index contributed by atoms with van der Waals surface area (Å²) in [5.74, 6) is -0.681. The van der Waals surface area contributed by atoms with Crippen molar-refractivity contribution >= 4 is 33.5 Å². The number of hydrogen-bond donors (Lipinski definition) is 2. The highest BCUT2D eigenvalue weighted by Gasteiger charge is 2.23. The Morgan fingerprint density at radius 2 is 1.70 bits per heavy atom. The molecule has 3 aromatic carbocycles. The van der Waals surface area contributed by atoms with Crippen molar-refractivity contribution in [2.24, 2.45) is 0 Å². The molecule has 0 atom stereocenters. The SMILES string of the molecule is COC(=O)c1c(N)c(C#N)cn1-c1cccc2c(=O)c3cccc(-c4ccccc4)c3[nH]c12. The Hall–Kier alpha value is -4.83. The van der Waals surface area contributed by atoms with Crippen molar-refractivity contribution in [2.45, 2.75) is 0 Å². The second kappa shape index (κ2) is 7.70. The predicted molar refractivity (Wildman–Crippen MR) is 127 cm³/mol. The minimum Gasteiger partial charge on any atom is -0.464 e. The van der Waals surface area contributed by atoms with Crippen molar-refractivity contribution in [2.75, 3.05) is 12.8 Å². The van der Waals surface area contributed by atoms with E-state index >= 15 is 0 Å². The van der Waals surface area contributed by atoms with Gasteiger partial charge in [-0.05, 0) is 23.8 Å². The Kier molecular flexibility index (Phi) is 4.69. The number of nitrogens with two attached hydrogens (primary N) is 1. The lowest BCUT2D eigenvalue weighted by Crippen LogP contribution is -2.13. The first-order valence-corrected chi connectivity index (χ1v) is 10.2. The highest BCUT2D eigenvalue weighted by molar-refractivity contribution is 6.03. The van der Waals surface area contributed by atoms with Crippen LogP contribution < -0.4 is 11.2 Å². The van der Waals surface area contributed by atoms with E-state index in [0.717, 1.165) is 11.1 Å². The molecule has 5 rings (SSSR count). The van der Waals surface area contributed by atoms with Crippen molar-refractivity contribution in [1.82, 2.24) is 9.55 Å². The van der Waals surface area contributed by atoms with Crippen LogP contribution in [-0.2, 0) is 4.74 Å². The number of anilines is 1. The van der Waals surface area contributed by atoms with E-state index in [1.165, 1.54) is 17.9 Å². The van der Waals surface area contributed by atoms with Gasteiger partial charge in [-0.3, -0.25) is 4.79 Å². The molecule has 0 aliphatic rings. The van der Waals surface area contributed by atoms with Crippen molar-refractivity contribution in [1.29, 1.82) is 5.26 Å². The minimum atomic E-state index is -0.681. The number of nitriles is 1. The number of nitrogens with one attached hydrogen (secondary N) is 1. The van der Waals surface area contributed by atoms with Crippen LogP contribution in [0.2, 0.25) is 0 Å². The normalized spacial score (nSPS) is 10.9. The van der Waals surface area contributed by atoms with E-state index in [-0.39, 0.29) is 22.4 Å². The number of nitrogens with zero attached hydrogens (tertiary/aromatic N) is 2. The van der Waals surface area contributed by atoms with Gasteiger partial charge in [0.1, 0.15) is 6.07 Å². The van der Waals surface area contributed by atoms with Gasteiger partial charge in [0.15, 0.2) is 11.1 Å². The van der Waals surface area contributed by atoms with Crippen LogP contribution in [0.5, 0.6) is 0 Å². The number of fused-ring (bicyclic) bond motifs is 2. The van der Waals surface area contributed by atoms with Gasteiger partial charge in [-0.25, -0.2) is 4.79 Å². The fraction of sp³-hybridized carbons (Fsp3) is 0.0385. The molecule has 33 heavy (non-hydrogen) atoms. The molecule has 0 aliphatic heterocycles. The number of esters is 1. The maximum atomic E-state index is 13.5. The lowest BCUT2D eigenvalue weighted by Gasteiger charge is -2.14. The summed E-state index contributed by atoms with van der Waals surface area (Å²) < 4.78 is 6.39. The highest BCUT2D eigenvalue weighted by Crippen LogP contribution is 2.31. The van der Waals surface area contributed by atoms with Gasteiger partial charge in [-0.2, -0.15) is 5.26 Å². The van der Waals surface area contributed by atoms with Gasteiger partial charge < -0.3 is 20.0 Å². The van der Waals surface area contributed by atoms with Crippen molar-refractivity contribution in [3.8, 4) is 22.9 Å². The first-order chi connectivity index (χ1) is 16.0. The number of aromatic nitrogens is 2. The Labute approximate surface area is 188 Å². The minimum absolute atomic E-state index is 0.0227. The standard InChI is InChI=1S/C26H18N4O3/c1-33-26(32)24-21(28)16(13-27)14-30(24)20-12-6-11-19-23(20)29-22-17(15-7-3-2-4-8-15)9-5-10-18(22)25(19)31/h2-12,14H,28H2,1H3,(H,29,31). The third-order valence-corrected chi connectivity index (χ3v) is 5.73. The topological polar surface area (TPSA) is 114 Å². The quantitative estimate of drug-likeness (QED) is 0.323. The molecule has 160 valence electrons. The third kappa shape index (κ3) is 3.05. The number of hydrogen-bond acceptors (Lipinski definition) is 5. The Morgan fingerprint density at radius 3 is 2.39 bits per heavy atom. The fourth-order valence-corrected chi connectivity index (χ4v) is 4.17. The number of ether oxygens (including phenoxy) is 1. The molecular formula is C26H18N4O3. The first-order valence-electron chi connectivity index (χ1n) is 10.2. The molecule has 0 saturated heterocycles. The van der Waals surface area contributed by atoms with Gasteiger partial charge in [0, 0.05) is 22.5 Å². The Morgan fingerprint density at radius 1 is 1.00 bits per heavy atom. The number of aromatic amines is 1. The van der Waals surface area contributed by atoms with E-state index in [1.54, 1.807) is 24.3 Å². The zero-order valence-electron chi connectivity index (χ0n) is 17.6. The smallest absolute Gasteiger partial charge is 0.357 e. The zero-order chi connectivity index (χ0) is 23.1. The Bertz CT molecular complexity index is 1660. The summed E-state index contributed by atoms with van der Waals surface area (Å²) in [6, 6.07) is 22.6. The number of H-pyrrole nitrogens is 1. The number of rotatable bonds is 3. The molecule has 5 aromatic rings. The van der Waals surface area contributed by atoms with Crippen LogP contribution in [-0.4, -0.2) is 22.6 Å². The zero-order valence-corrected chi connectivity index (χ0v) is 17.6. The molecule has 3 N–H and O–H groups in total. The predicted octanol–water partition coefficient (Wildman–Crippen LogP) is 4.38. The number of nitrogen functional groups attached to an aromatic ring is 1. The van der Waals surface area contributed by atoms with Crippen molar-refractivity contribution in [3.63, 3.8) is 0 Å². The summed E-state index contributed by atoms with van der Waals surface area (Å²) >= 11 is 0. The summed E-state index contributed by atoms with van der Waals surface area (Å²) in [5, 5.41) is 10.5. The maximum absolute atomic E-state index is 13.5. The second-order valence-electron chi connectivity index (χ2n) is 7.53. The van der Waals surface area contributed by atoms with Crippen LogP contribution in [0.25, 0.3) is 38.6 Å². The molecule has 0 spiro atoms. The highest BCUT2D eigenvalue weighted by atomic mass is 16.5. The summed E-state index contributed by atoms with van der Waals surface area (Å²) in [5.41, 5.74) is 9.66. The van der Waals surface area contributed by atoms with Crippen LogP contribution in [0.1, 0.15) is 16.1 Å². The second-order valence-corrected chi connectivity index (χ2v) is 7.53. The molecular weight excluding hydrogens is 416 g/mol. The van der Waals surface area contributed by atoms with E-state index in [0.29, 0.717) is 27.5 Å². The van der Waals surface area contributed by atoms with E-state index < -0.39 is 5.97 Å². The van der Waals surface area contributed by atoms with E-state index in [4.69, 9.17) is 10.5 Å². The summed E-state index contributed by atoms with van der Waals surface area (Å²) in [6.45, 7) is 0. The number of methoxy groups -OCH3 is 1. The van der Waals surface area contributed by atoms with Crippen LogP contribution in [0.3, 0.4) is 0 Å². The molecule has 2 aromatic heterocycles. The Balaban J connectivity index is 1.90. The van der Waals surface area contributed by atoms with Gasteiger partial charge in [0.25, 0.3) is 0 Å². The number of carbonyl (C=O) groups is 1. The number of carbonyl (C=O) groups excluding carboxylic acids is 1. The molecule has 7 heteroatoms. The molecule has 0 bridgehead atoms. The average molecular weight is 434 g/mol. The van der Waals surface area contributed by atoms with Crippen molar-refractivity contribution < 1.29 is 9.53 Å². The molecule has 7 nitrogen and oxygen atoms in total. The summed E-state index contributed by atoms with van der Waals surface area (Å²) in [4.78, 5) is 29.4. The fourth-order valence-electron chi connectivity index (χ4n) is 4.17. The number of benzene rings is 3. The molecule has 0 fully saturated rings. The summed E-state index contributed by atoms with van der Waals surface area (Å²) in [6.07, 6.45) is 1.47. The van der Waals surface area contributed by atoms with Crippen LogP contribution >= 0.6 is 0 Å². The lowest BCUT2D eigenvalue weighted by molar-refractivity contribution is 0.0593. The number of para-hydroxylation sites is 2. The van der Waals surface area contributed by atoms with Crippen LogP contribution in [0.15, 0.2) is 77.7 Å². The van der Waals surface area contributed by atoms with E-state index in [9.17, 15) is 14.9 Å². The molecule has 0 unspecified atom stereocenters. The molecule has 0 amide bonds. The molecule has 2 heterocycles. The van der Waals surface area contributed by atoms with E-state index in [1.807, 2.05) is 48.5 Å². The van der Waals surface area contributed by atoms with E-state index in [2.05, 4.69) is 4.98 Å². The largest absolute Gasteiger partial charge is 0.464 e. The lowest BCUT2D eigenvalue weighted by atomic mass is 10.0. The van der Waals surface area contributed by atoms with Gasteiger partial charge in [0.2, 0.25) is 0 Å². The molecule has 0 saturated carbocycles. The van der Waals surface area contributed by atoms with Crippen LogP contribution in [0.4, 0.5) is 5.69 Å². The van der Waals surface area contributed by atoms with Crippen LogP contribution in [0, 0.1) is 11.3 Å². The average Bonchev–Trinajstić information content (AvgIpc) is 3.19. The maximum Gasteiger partial charge on any atom is 0.357 e. The molecule has 0 radical (unpaired) electrons. The van der Waals surface area contributed by atoms with Gasteiger partial charge in [0.05, 0.1) is 35.1 Å². The number of pyridine rings is 1. The van der Waals surface area contributed by atoms with Gasteiger partial charge in [-0.15, -0.1) is 0 Å². The monoisotopic (exact) mass is 434 g/mol. The third-order valence-electron chi connectivity index (χ3n) is 5.73. The van der Waals surface area contributed by atoms with Gasteiger partial charge in [-0.1, -0.05) is 48.5 Å². The first kappa shape index (κ1) is 20.1. The molecule has 0 aliphatic carbocycles.